The van der Waals surface area contributed by atoms with Crippen LogP contribution in [0, 0.1) is 30.1 Å². The van der Waals surface area contributed by atoms with Crippen LogP contribution in [-0.4, -0.2) is 73.2 Å². The molecule has 8 rings (SSSR count). The van der Waals surface area contributed by atoms with E-state index in [1.54, 1.807) is 6.20 Å². The van der Waals surface area contributed by atoms with Crippen LogP contribution in [0.2, 0.25) is 0 Å². The predicted octanol–water partition coefficient (Wildman–Crippen LogP) is 6.41. The van der Waals surface area contributed by atoms with E-state index < -0.39 is 11.5 Å². The van der Waals surface area contributed by atoms with E-state index in [-0.39, 0.29) is 17.9 Å². The topological polar surface area (TPSA) is 152 Å². The zero-order valence-electron chi connectivity index (χ0n) is 30.0. The molecule has 3 N–H and O–H groups in total. The third-order valence-corrected chi connectivity index (χ3v) is 11.2. The molecule has 1 aliphatic carbocycles. The molecule has 270 valence electrons. The Morgan fingerprint density at radius 1 is 1.06 bits per heavy atom. The van der Waals surface area contributed by atoms with Crippen LogP contribution in [-0.2, 0) is 23.4 Å². The van der Waals surface area contributed by atoms with E-state index in [0.29, 0.717) is 79.5 Å². The molecule has 0 radical (unpaired) electrons. The summed E-state index contributed by atoms with van der Waals surface area (Å²) in [5.41, 5.74) is 6.49. The first-order valence-corrected chi connectivity index (χ1v) is 18.4. The van der Waals surface area contributed by atoms with Gasteiger partial charge in [0.1, 0.15) is 22.6 Å². The van der Waals surface area contributed by atoms with Gasteiger partial charge in [-0.25, -0.2) is 9.97 Å². The van der Waals surface area contributed by atoms with E-state index in [4.69, 9.17) is 19.4 Å². The Labute approximate surface area is 308 Å². The molecule has 0 amide bonds. The number of oxazole rings is 1. The monoisotopic (exact) mass is 709 g/mol. The molecular weight excluding hydrogens is 667 g/mol. The van der Waals surface area contributed by atoms with Crippen LogP contribution in [0.25, 0.3) is 27.6 Å². The van der Waals surface area contributed by atoms with Gasteiger partial charge in [-0.1, -0.05) is 43.3 Å². The minimum Gasteiger partial charge on any atom is -0.481 e. The summed E-state index contributed by atoms with van der Waals surface area (Å²) in [5, 5.41) is 34.5. The number of fused-ring (bicyclic) bond motifs is 2. The lowest BCUT2D eigenvalue weighted by Gasteiger charge is -2.39. The number of allylic oxidation sites excluding steroid dienone is 2. The molecule has 3 atom stereocenters. The number of nitriles is 1. The van der Waals surface area contributed by atoms with Crippen LogP contribution in [0.5, 0.6) is 0 Å². The fourth-order valence-electron chi connectivity index (χ4n) is 8.25. The summed E-state index contributed by atoms with van der Waals surface area (Å²) in [7, 11) is 0. The van der Waals surface area contributed by atoms with Crippen LogP contribution in [0.4, 0.5) is 5.82 Å². The Hall–Kier alpha value is -5.41. The van der Waals surface area contributed by atoms with Gasteiger partial charge in [-0.3, -0.25) is 19.6 Å². The van der Waals surface area contributed by atoms with Crippen molar-refractivity contribution in [2.24, 2.45) is 11.8 Å². The molecule has 11 nitrogen and oxygen atoms in total. The highest BCUT2D eigenvalue weighted by Gasteiger charge is 2.45. The molecule has 3 aromatic heterocycles. The Bertz CT molecular complexity index is 2300. The summed E-state index contributed by atoms with van der Waals surface area (Å²) in [5.74, 6) is -0.246. The van der Waals surface area contributed by atoms with Crippen molar-refractivity contribution in [1.82, 2.24) is 24.8 Å². The van der Waals surface area contributed by atoms with Crippen molar-refractivity contribution in [2.75, 3.05) is 31.5 Å². The molecule has 5 heterocycles. The van der Waals surface area contributed by atoms with Gasteiger partial charge >= 0.3 is 5.97 Å². The van der Waals surface area contributed by atoms with Crippen molar-refractivity contribution < 1.29 is 19.4 Å². The summed E-state index contributed by atoms with van der Waals surface area (Å²) < 4.78 is 6.66. The molecule has 2 unspecified atom stereocenters. The van der Waals surface area contributed by atoms with Crippen LogP contribution in [0.3, 0.4) is 0 Å². The Kier molecular flexibility index (Phi) is 9.28. The van der Waals surface area contributed by atoms with Crippen molar-refractivity contribution in [3.8, 4) is 6.07 Å². The van der Waals surface area contributed by atoms with Gasteiger partial charge in [-0.05, 0) is 97.4 Å². The number of aromatic nitrogens is 3. The number of β-amino-alcohol motifs (C(OH)–C–C–N with tert-alkyl or cyclic N) is 1. The molecule has 2 fully saturated rings. The number of hydrogen-bond donors (Lipinski definition) is 3. The maximum Gasteiger partial charge on any atom is 0.306 e. The molecule has 2 aliphatic heterocycles. The number of carboxylic acids is 1. The van der Waals surface area contributed by atoms with Crippen LogP contribution in [0.15, 0.2) is 83.6 Å². The average Bonchev–Trinajstić information content (AvgIpc) is 3.78. The molecular formula is C42H43N7O4. The molecule has 2 saturated heterocycles. The quantitative estimate of drug-likeness (QED) is 0.156. The molecule has 11 heteroatoms. The normalized spacial score (nSPS) is 22.6. The fraction of sp³-hybridized carbons (Fsp3) is 0.357. The van der Waals surface area contributed by atoms with Crippen molar-refractivity contribution in [1.29, 1.82) is 5.26 Å². The highest BCUT2D eigenvalue weighted by atomic mass is 16.4. The van der Waals surface area contributed by atoms with E-state index in [2.05, 4.69) is 65.4 Å². The minimum absolute atomic E-state index is 0.194. The molecule has 3 aliphatic rings. The number of nitrogens with zero attached hydrogens (tertiary/aromatic N) is 6. The van der Waals surface area contributed by atoms with E-state index in [1.807, 2.05) is 42.6 Å². The Balaban J connectivity index is 1.18. The summed E-state index contributed by atoms with van der Waals surface area (Å²) in [6.07, 6.45) is 11.6. The largest absolute Gasteiger partial charge is 0.481 e. The average molecular weight is 710 g/mol. The lowest BCUT2D eigenvalue weighted by molar-refractivity contribution is -0.143. The smallest absolute Gasteiger partial charge is 0.306 e. The van der Waals surface area contributed by atoms with Gasteiger partial charge in [0, 0.05) is 49.9 Å². The number of rotatable bonds is 9. The number of hydrogen-bond acceptors (Lipinski definition) is 10. The Morgan fingerprint density at radius 2 is 1.85 bits per heavy atom. The zero-order valence-corrected chi connectivity index (χ0v) is 30.0. The third-order valence-electron chi connectivity index (χ3n) is 11.2. The lowest BCUT2D eigenvalue weighted by atomic mass is 9.73. The molecule has 5 aromatic rings. The number of aliphatic hydroxyl groups is 1. The first-order chi connectivity index (χ1) is 25.7. The van der Waals surface area contributed by atoms with Gasteiger partial charge in [0.15, 0.2) is 11.4 Å². The molecule has 53 heavy (non-hydrogen) atoms. The lowest BCUT2D eigenvalue weighted by Crippen LogP contribution is -2.42. The standard InChI is InChI=1S/C42H43N7O4/c1-26-6-3-4-7-34(26)35-8-5-13-42(27(35)2,47-39-37-31(9-14-44-39)19-29(22-45-37)24-49-17-12-33(50)25-49)41-46-36-20-28(18-32(21-43)38(36)53-41)23-48-15-10-30(11-16-48)40(51)52/h3-9,13-14,18-20,22,27,30,33,50H,10-12,15-17,23-25H2,1-2H3,(H,44,47)(H,51,52)/t27-,33?,42?/m1/s1. The van der Waals surface area contributed by atoms with Crippen LogP contribution in [0.1, 0.15) is 59.9 Å². The van der Waals surface area contributed by atoms with Crippen molar-refractivity contribution in [2.45, 2.75) is 57.8 Å². The summed E-state index contributed by atoms with van der Waals surface area (Å²) in [6.45, 7) is 8.45. The number of aryl methyl sites for hydroxylation is 1. The number of aliphatic hydroxyl groups excluding tert-OH is 1. The number of anilines is 1. The molecule has 2 aromatic carbocycles. The second-order valence-corrected chi connectivity index (χ2v) is 14.8. The summed E-state index contributed by atoms with van der Waals surface area (Å²) >= 11 is 0. The maximum absolute atomic E-state index is 11.5. The number of likely N-dealkylation sites (tertiary alicyclic amines) is 2. The van der Waals surface area contributed by atoms with Gasteiger partial charge in [0.25, 0.3) is 0 Å². The second-order valence-electron chi connectivity index (χ2n) is 14.8. The van der Waals surface area contributed by atoms with Gasteiger partial charge in [-0.15, -0.1) is 0 Å². The number of nitrogens with one attached hydrogen (secondary N) is 1. The van der Waals surface area contributed by atoms with Crippen molar-refractivity contribution >= 4 is 39.4 Å². The van der Waals surface area contributed by atoms with E-state index >= 15 is 0 Å². The summed E-state index contributed by atoms with van der Waals surface area (Å²) in [4.78, 5) is 30.8. The predicted molar refractivity (Wildman–Crippen MR) is 203 cm³/mol. The minimum atomic E-state index is -1.01. The number of aliphatic carboxylic acids is 1. The second kappa shape index (κ2) is 14.2. The SMILES string of the molecule is Cc1ccccc1C1=CC=CC(Nc2nccc3cc(CN4CCC(O)C4)cnc23)(c2nc3cc(CN4CCC(C(=O)O)CC4)cc(C#N)c3o2)[C@@H]1C. The highest BCUT2D eigenvalue weighted by Crippen LogP contribution is 2.46. The first-order valence-electron chi connectivity index (χ1n) is 18.4. The highest BCUT2D eigenvalue weighted by molar-refractivity contribution is 5.89. The van der Waals surface area contributed by atoms with Crippen molar-refractivity contribution in [3.05, 3.63) is 113 Å². The summed E-state index contributed by atoms with van der Waals surface area (Å²) in [6, 6.07) is 18.6. The van der Waals surface area contributed by atoms with Gasteiger partial charge in [0.2, 0.25) is 5.89 Å². The molecule has 0 saturated carbocycles. The first kappa shape index (κ1) is 34.7. The van der Waals surface area contributed by atoms with E-state index in [1.165, 1.54) is 0 Å². The number of carbonyl (C=O) groups is 1. The third kappa shape index (κ3) is 6.70. The van der Waals surface area contributed by atoms with Crippen molar-refractivity contribution in [3.63, 3.8) is 0 Å². The van der Waals surface area contributed by atoms with E-state index in [0.717, 1.165) is 46.2 Å². The van der Waals surface area contributed by atoms with Gasteiger partial charge in [-0.2, -0.15) is 5.26 Å². The molecule has 0 bridgehead atoms. The number of carboxylic acid groups (broad SMARTS) is 1. The zero-order chi connectivity index (χ0) is 36.7. The maximum atomic E-state index is 11.5. The van der Waals surface area contributed by atoms with Gasteiger partial charge in [0.05, 0.1) is 17.6 Å². The van der Waals surface area contributed by atoms with E-state index in [9.17, 15) is 20.3 Å². The Morgan fingerprint density at radius 3 is 2.60 bits per heavy atom. The molecule has 0 spiro atoms. The fourth-order valence-corrected chi connectivity index (χ4v) is 8.25. The number of piperidine rings is 1. The number of pyridine rings is 2. The van der Waals surface area contributed by atoms with Crippen LogP contribution < -0.4 is 5.32 Å². The number of benzene rings is 2. The van der Waals surface area contributed by atoms with Gasteiger partial charge < -0.3 is 19.9 Å². The van der Waals surface area contributed by atoms with Crippen LogP contribution >= 0.6 is 0 Å².